The highest BCUT2D eigenvalue weighted by molar-refractivity contribution is 6.25. The van der Waals surface area contributed by atoms with Crippen molar-refractivity contribution in [3.05, 3.63) is 59.7 Å². The molecule has 1 unspecified atom stereocenters. The number of hydrogen-bond donors (Lipinski definition) is 2. The highest BCUT2D eigenvalue weighted by Gasteiger charge is 2.69. The molecule has 1 saturated heterocycles. The first-order valence-corrected chi connectivity index (χ1v) is 9.61. The van der Waals surface area contributed by atoms with Gasteiger partial charge in [0, 0.05) is 5.56 Å². The lowest BCUT2D eigenvalue weighted by Gasteiger charge is -2.30. The molecule has 2 aromatic rings. The number of ether oxygens (including phenoxy) is 1. The molecule has 4 amide bonds. The molecule has 0 aromatic heterocycles. The molecule has 1 fully saturated rings. The molecule has 1 aliphatic heterocycles. The van der Waals surface area contributed by atoms with Crippen LogP contribution in [0, 0.1) is 0 Å². The number of anilines is 1. The van der Waals surface area contributed by atoms with Crippen LogP contribution in [0.25, 0.3) is 0 Å². The first-order valence-electron chi connectivity index (χ1n) is 9.61. The Labute approximate surface area is 182 Å². The number of amides is 4. The van der Waals surface area contributed by atoms with Gasteiger partial charge in [0.05, 0.1) is 12.8 Å². The monoisotopic (exact) mass is 449 g/mol. The topological polar surface area (TPSA) is 87.7 Å². The summed E-state index contributed by atoms with van der Waals surface area (Å²) >= 11 is 0. The van der Waals surface area contributed by atoms with Crippen LogP contribution in [0.2, 0.25) is 0 Å². The Hall–Kier alpha value is -3.56. The molecule has 1 heterocycles. The van der Waals surface area contributed by atoms with Crippen LogP contribution in [0.3, 0.4) is 0 Å². The van der Waals surface area contributed by atoms with E-state index in [-0.39, 0.29) is 22.4 Å². The summed E-state index contributed by atoms with van der Waals surface area (Å²) in [4.78, 5) is 38.4. The summed E-state index contributed by atoms with van der Waals surface area (Å²) < 4.78 is 47.4. The molecule has 0 bridgehead atoms. The van der Waals surface area contributed by atoms with Gasteiger partial charge >= 0.3 is 12.2 Å². The summed E-state index contributed by atoms with van der Waals surface area (Å²) in [5, 5.41) is 3.31. The molecule has 0 radical (unpaired) electrons. The maximum Gasteiger partial charge on any atom is 0.440 e. The van der Waals surface area contributed by atoms with Crippen molar-refractivity contribution in [3.63, 3.8) is 0 Å². The van der Waals surface area contributed by atoms with Crippen molar-refractivity contribution < 1.29 is 32.3 Å². The number of carbonyl (C=O) groups excluding carboxylic acids is 3. The quantitative estimate of drug-likeness (QED) is 0.697. The van der Waals surface area contributed by atoms with E-state index in [0.29, 0.717) is 4.90 Å². The third kappa shape index (κ3) is 3.88. The van der Waals surface area contributed by atoms with Crippen LogP contribution in [-0.4, -0.2) is 36.8 Å². The molecule has 0 aliphatic carbocycles. The second-order valence-corrected chi connectivity index (χ2v) is 8.27. The highest BCUT2D eigenvalue weighted by Crippen LogP contribution is 2.38. The zero-order valence-electron chi connectivity index (χ0n) is 17.8. The van der Waals surface area contributed by atoms with Gasteiger partial charge in [0.2, 0.25) is 0 Å². The molecular weight excluding hydrogens is 427 g/mol. The van der Waals surface area contributed by atoms with Crippen LogP contribution in [0.1, 0.15) is 36.7 Å². The Morgan fingerprint density at radius 1 is 1.03 bits per heavy atom. The van der Waals surface area contributed by atoms with Gasteiger partial charge in [0.15, 0.2) is 0 Å². The van der Waals surface area contributed by atoms with Crippen molar-refractivity contribution >= 4 is 23.5 Å². The fourth-order valence-corrected chi connectivity index (χ4v) is 3.27. The van der Waals surface area contributed by atoms with Gasteiger partial charge in [-0.1, -0.05) is 45.0 Å². The molecule has 10 heteroatoms. The summed E-state index contributed by atoms with van der Waals surface area (Å²) in [5.41, 5.74) is -3.28. The second kappa shape index (κ2) is 7.85. The number of nitrogens with zero attached hydrogens (tertiary/aromatic N) is 1. The Morgan fingerprint density at radius 3 is 2.16 bits per heavy atom. The third-order valence-electron chi connectivity index (χ3n) is 5.09. The standard InChI is InChI=1S/C22H22F3N3O4/c1-20(2,3)14-11-9-13(10-12-14)17(29)26-21(22(23,24)25)18(30)28(19(31)27-21)15-7-5-6-8-16(15)32-4/h5-12H,1-4H3,(H,26,29)(H,27,31). The molecular formula is C22H22F3N3O4. The Balaban J connectivity index is 1.98. The average Bonchev–Trinajstić information content (AvgIpc) is 2.97. The van der Waals surface area contributed by atoms with Gasteiger partial charge in [-0.15, -0.1) is 0 Å². The van der Waals surface area contributed by atoms with Crippen LogP contribution in [-0.2, 0) is 10.2 Å². The normalized spacial score (nSPS) is 19.0. The van der Waals surface area contributed by atoms with Gasteiger partial charge in [-0.3, -0.25) is 14.9 Å². The molecule has 2 aromatic carbocycles. The van der Waals surface area contributed by atoms with Gasteiger partial charge in [-0.2, -0.15) is 13.2 Å². The van der Waals surface area contributed by atoms with Gasteiger partial charge < -0.3 is 10.1 Å². The van der Waals surface area contributed by atoms with E-state index in [1.165, 1.54) is 43.5 Å². The molecule has 0 spiro atoms. The van der Waals surface area contributed by atoms with Crippen molar-refractivity contribution in [2.45, 2.75) is 38.0 Å². The van der Waals surface area contributed by atoms with Crippen LogP contribution < -0.4 is 20.3 Å². The van der Waals surface area contributed by atoms with E-state index in [1.54, 1.807) is 22.8 Å². The van der Waals surface area contributed by atoms with Crippen molar-refractivity contribution in [2.75, 3.05) is 12.0 Å². The van der Waals surface area contributed by atoms with Gasteiger partial charge in [0.1, 0.15) is 5.75 Å². The van der Waals surface area contributed by atoms with Crippen LogP contribution >= 0.6 is 0 Å². The molecule has 3 rings (SSSR count). The number of para-hydroxylation sites is 2. The predicted octanol–water partition coefficient (Wildman–Crippen LogP) is 3.74. The smallest absolute Gasteiger partial charge is 0.440 e. The fraction of sp³-hybridized carbons (Fsp3) is 0.318. The number of hydrogen-bond acceptors (Lipinski definition) is 4. The number of alkyl halides is 3. The number of methoxy groups -OCH3 is 1. The van der Waals surface area contributed by atoms with Gasteiger partial charge in [0.25, 0.3) is 17.5 Å². The zero-order valence-corrected chi connectivity index (χ0v) is 17.8. The summed E-state index contributed by atoms with van der Waals surface area (Å²) in [7, 11) is 1.25. The van der Waals surface area contributed by atoms with E-state index in [0.717, 1.165) is 5.56 Å². The number of imide groups is 1. The van der Waals surface area contributed by atoms with E-state index < -0.39 is 29.7 Å². The maximum atomic E-state index is 14.1. The largest absolute Gasteiger partial charge is 0.495 e. The summed E-state index contributed by atoms with van der Waals surface area (Å²) in [5.74, 6) is -2.85. The van der Waals surface area contributed by atoms with E-state index in [2.05, 4.69) is 0 Å². The van der Waals surface area contributed by atoms with E-state index in [4.69, 9.17) is 4.74 Å². The maximum absolute atomic E-state index is 14.1. The van der Waals surface area contributed by atoms with E-state index in [1.807, 2.05) is 20.8 Å². The summed E-state index contributed by atoms with van der Waals surface area (Å²) in [6.45, 7) is 5.83. The van der Waals surface area contributed by atoms with Crippen molar-refractivity contribution in [3.8, 4) is 5.75 Å². The van der Waals surface area contributed by atoms with Crippen LogP contribution in [0.15, 0.2) is 48.5 Å². The third-order valence-corrected chi connectivity index (χ3v) is 5.09. The molecule has 1 aliphatic rings. The fourth-order valence-electron chi connectivity index (χ4n) is 3.27. The summed E-state index contributed by atoms with van der Waals surface area (Å²) in [6, 6.07) is 10.2. The molecule has 170 valence electrons. The zero-order chi connectivity index (χ0) is 23.9. The van der Waals surface area contributed by atoms with Crippen molar-refractivity contribution in [1.29, 1.82) is 0 Å². The SMILES string of the molecule is COc1ccccc1N1C(=O)NC(NC(=O)c2ccc(C(C)(C)C)cc2)(C(F)(F)F)C1=O. The number of nitrogens with one attached hydrogen (secondary N) is 2. The molecule has 32 heavy (non-hydrogen) atoms. The molecule has 2 N–H and O–H groups in total. The van der Waals surface area contributed by atoms with Gasteiger partial charge in [-0.05, 0) is 35.2 Å². The molecule has 1 atom stereocenters. The Morgan fingerprint density at radius 2 is 1.62 bits per heavy atom. The van der Waals surface area contributed by atoms with Crippen LogP contribution in [0.5, 0.6) is 5.75 Å². The lowest BCUT2D eigenvalue weighted by molar-refractivity contribution is -0.197. The molecule has 7 nitrogen and oxygen atoms in total. The number of urea groups is 1. The number of halogens is 3. The van der Waals surface area contributed by atoms with Crippen LogP contribution in [0.4, 0.5) is 23.7 Å². The van der Waals surface area contributed by atoms with Crippen molar-refractivity contribution in [1.82, 2.24) is 10.6 Å². The Kier molecular flexibility index (Phi) is 5.67. The van der Waals surface area contributed by atoms with E-state index in [9.17, 15) is 27.6 Å². The number of carbonyl (C=O) groups is 3. The first-order chi connectivity index (χ1) is 14.8. The average molecular weight is 449 g/mol. The van der Waals surface area contributed by atoms with Crippen molar-refractivity contribution in [2.24, 2.45) is 0 Å². The highest BCUT2D eigenvalue weighted by atomic mass is 19.4. The minimum Gasteiger partial charge on any atom is -0.495 e. The second-order valence-electron chi connectivity index (χ2n) is 8.27. The van der Waals surface area contributed by atoms with E-state index >= 15 is 0 Å². The minimum atomic E-state index is -5.32. The molecule has 0 saturated carbocycles. The lowest BCUT2D eigenvalue weighted by Crippen LogP contribution is -2.69. The first kappa shape index (κ1) is 23.1. The van der Waals surface area contributed by atoms with Gasteiger partial charge in [-0.25, -0.2) is 9.69 Å². The lowest BCUT2D eigenvalue weighted by atomic mass is 9.86. The Bertz CT molecular complexity index is 1060. The summed E-state index contributed by atoms with van der Waals surface area (Å²) in [6.07, 6.45) is -5.32. The predicted molar refractivity (Wildman–Crippen MR) is 110 cm³/mol. The number of rotatable bonds is 4. The number of benzene rings is 2. The minimum absolute atomic E-state index is 0.0121.